The Balaban J connectivity index is 1.57. The van der Waals surface area contributed by atoms with E-state index in [-0.39, 0.29) is 24.4 Å². The quantitative estimate of drug-likeness (QED) is 0.630. The first-order valence-electron chi connectivity index (χ1n) is 9.54. The first-order chi connectivity index (χ1) is 14.1. The molecule has 3 aromatic rings. The molecule has 2 amide bonds. The summed E-state index contributed by atoms with van der Waals surface area (Å²) in [5.41, 5.74) is 2.73. The van der Waals surface area contributed by atoms with Crippen molar-refractivity contribution in [3.63, 3.8) is 0 Å². The Labute approximate surface area is 173 Å². The molecule has 1 aromatic heterocycles. The van der Waals surface area contributed by atoms with E-state index in [1.807, 2.05) is 54.6 Å². The minimum atomic E-state index is -0.333. The van der Waals surface area contributed by atoms with Crippen LogP contribution in [0.15, 0.2) is 60.8 Å². The number of hydrogen-bond acceptors (Lipinski definition) is 3. The van der Waals surface area contributed by atoms with Gasteiger partial charge in [0.05, 0.1) is 18.7 Å². The van der Waals surface area contributed by atoms with Gasteiger partial charge in [-0.2, -0.15) is 5.10 Å². The van der Waals surface area contributed by atoms with E-state index >= 15 is 0 Å². The molecule has 2 N–H and O–H groups in total. The Kier molecular flexibility index (Phi) is 5.62. The third-order valence-corrected chi connectivity index (χ3v) is 5.06. The monoisotopic (exact) mass is 408 g/mol. The molecule has 6 nitrogen and oxygen atoms in total. The van der Waals surface area contributed by atoms with Crippen LogP contribution in [0.1, 0.15) is 28.8 Å². The number of halogens is 1. The molecule has 0 unspecified atom stereocenters. The molecule has 1 aliphatic carbocycles. The Morgan fingerprint density at radius 1 is 1.07 bits per heavy atom. The van der Waals surface area contributed by atoms with Gasteiger partial charge in [0.15, 0.2) is 0 Å². The number of nitrogens with zero attached hydrogens (tertiary/aromatic N) is 2. The highest BCUT2D eigenvalue weighted by Gasteiger charge is 2.24. The van der Waals surface area contributed by atoms with Gasteiger partial charge in [0.2, 0.25) is 5.91 Å². The number of rotatable bonds is 7. The Morgan fingerprint density at radius 2 is 1.79 bits per heavy atom. The van der Waals surface area contributed by atoms with E-state index in [1.54, 1.807) is 10.9 Å². The molecule has 148 valence electrons. The number of carbonyl (C=O) groups excluding carboxylic acids is 2. The van der Waals surface area contributed by atoms with E-state index in [4.69, 9.17) is 11.6 Å². The summed E-state index contributed by atoms with van der Waals surface area (Å²) in [7, 11) is 0. The highest BCUT2D eigenvalue weighted by Crippen LogP contribution is 2.23. The fraction of sp³-hybridized carbons (Fsp3) is 0.227. The molecule has 29 heavy (non-hydrogen) atoms. The Bertz CT molecular complexity index is 1030. The maximum absolute atomic E-state index is 12.8. The zero-order valence-electron chi connectivity index (χ0n) is 15.8. The number of carbonyl (C=O) groups is 2. The van der Waals surface area contributed by atoms with E-state index in [2.05, 4.69) is 15.7 Å². The summed E-state index contributed by atoms with van der Waals surface area (Å²) in [6.07, 6.45) is 3.71. The normalized spacial score (nSPS) is 13.1. The SMILES string of the molecule is O=C(CNC(=O)c1cn(Cc2ccccc2Cl)nc1-c1ccccc1)NC1CC1. The molecule has 2 aromatic carbocycles. The minimum absolute atomic E-state index is 0.0563. The summed E-state index contributed by atoms with van der Waals surface area (Å²) in [6, 6.07) is 17.3. The van der Waals surface area contributed by atoms with E-state index in [0.717, 1.165) is 24.0 Å². The van der Waals surface area contributed by atoms with Crippen molar-refractivity contribution in [3.8, 4) is 11.3 Å². The van der Waals surface area contributed by atoms with Crippen molar-refractivity contribution in [2.24, 2.45) is 0 Å². The lowest BCUT2D eigenvalue weighted by Crippen LogP contribution is -2.37. The summed E-state index contributed by atoms with van der Waals surface area (Å²) < 4.78 is 1.70. The van der Waals surface area contributed by atoms with Crippen LogP contribution in [-0.2, 0) is 11.3 Å². The lowest BCUT2D eigenvalue weighted by atomic mass is 10.1. The van der Waals surface area contributed by atoms with Crippen LogP contribution in [0.5, 0.6) is 0 Å². The van der Waals surface area contributed by atoms with E-state index in [0.29, 0.717) is 22.8 Å². The topological polar surface area (TPSA) is 76.0 Å². The molecule has 4 rings (SSSR count). The van der Waals surface area contributed by atoms with Crippen LogP contribution >= 0.6 is 11.6 Å². The van der Waals surface area contributed by atoms with Gasteiger partial charge in [-0.05, 0) is 24.5 Å². The van der Waals surface area contributed by atoms with Gasteiger partial charge in [-0.25, -0.2) is 0 Å². The van der Waals surface area contributed by atoms with Crippen molar-refractivity contribution >= 4 is 23.4 Å². The molecular formula is C22H21ClN4O2. The van der Waals surface area contributed by atoms with Crippen LogP contribution in [0.2, 0.25) is 5.02 Å². The minimum Gasteiger partial charge on any atom is -0.352 e. The summed E-state index contributed by atoms with van der Waals surface area (Å²) in [6.45, 7) is 0.383. The van der Waals surface area contributed by atoms with Crippen LogP contribution in [-0.4, -0.2) is 34.2 Å². The predicted octanol–water partition coefficient (Wildman–Crippen LogP) is 3.26. The van der Waals surface area contributed by atoms with Gasteiger partial charge in [-0.1, -0.05) is 60.1 Å². The molecule has 7 heteroatoms. The molecule has 1 heterocycles. The molecule has 0 saturated heterocycles. The summed E-state index contributed by atoms with van der Waals surface area (Å²) in [5, 5.41) is 10.8. The zero-order chi connectivity index (χ0) is 20.2. The maximum atomic E-state index is 12.8. The third-order valence-electron chi connectivity index (χ3n) is 4.70. The van der Waals surface area contributed by atoms with E-state index in [9.17, 15) is 9.59 Å². The molecule has 0 atom stereocenters. The Morgan fingerprint density at radius 3 is 2.52 bits per heavy atom. The van der Waals surface area contributed by atoms with Gasteiger partial charge in [-0.3, -0.25) is 14.3 Å². The summed E-state index contributed by atoms with van der Waals surface area (Å²) in [5.74, 6) is -0.509. The van der Waals surface area contributed by atoms with Crippen molar-refractivity contribution in [1.82, 2.24) is 20.4 Å². The first-order valence-corrected chi connectivity index (χ1v) is 9.92. The van der Waals surface area contributed by atoms with Crippen LogP contribution in [0.3, 0.4) is 0 Å². The highest BCUT2D eigenvalue weighted by atomic mass is 35.5. The summed E-state index contributed by atoms with van der Waals surface area (Å²) in [4.78, 5) is 24.7. The summed E-state index contributed by atoms with van der Waals surface area (Å²) >= 11 is 6.27. The standard InChI is InChI=1S/C22H21ClN4O2/c23-19-9-5-4-8-16(19)13-27-14-18(21(26-27)15-6-2-1-3-7-15)22(29)24-12-20(28)25-17-10-11-17/h1-9,14,17H,10-13H2,(H,24,29)(H,25,28). The van der Waals surface area contributed by atoms with Crippen molar-refractivity contribution in [2.45, 2.75) is 25.4 Å². The largest absolute Gasteiger partial charge is 0.352 e. The van der Waals surface area contributed by atoms with Crippen molar-refractivity contribution in [3.05, 3.63) is 76.9 Å². The second-order valence-corrected chi connectivity index (χ2v) is 7.48. The second kappa shape index (κ2) is 8.49. The smallest absolute Gasteiger partial charge is 0.255 e. The molecule has 1 aliphatic rings. The van der Waals surface area contributed by atoms with E-state index < -0.39 is 0 Å². The molecule has 0 radical (unpaired) electrons. The fourth-order valence-corrected chi connectivity index (χ4v) is 3.24. The van der Waals surface area contributed by atoms with Crippen LogP contribution in [0.25, 0.3) is 11.3 Å². The first kappa shape index (κ1) is 19.2. The maximum Gasteiger partial charge on any atom is 0.255 e. The number of benzene rings is 2. The molecule has 1 fully saturated rings. The van der Waals surface area contributed by atoms with Gasteiger partial charge in [-0.15, -0.1) is 0 Å². The molecular weight excluding hydrogens is 388 g/mol. The number of aromatic nitrogens is 2. The van der Waals surface area contributed by atoms with Crippen molar-refractivity contribution < 1.29 is 9.59 Å². The van der Waals surface area contributed by atoms with Gasteiger partial charge in [0.1, 0.15) is 5.69 Å². The van der Waals surface area contributed by atoms with Crippen LogP contribution < -0.4 is 10.6 Å². The molecule has 0 bridgehead atoms. The Hall–Kier alpha value is -3.12. The lowest BCUT2D eigenvalue weighted by Gasteiger charge is -2.06. The zero-order valence-corrected chi connectivity index (χ0v) is 16.5. The molecule has 0 spiro atoms. The van der Waals surface area contributed by atoms with Gasteiger partial charge in [0.25, 0.3) is 5.91 Å². The van der Waals surface area contributed by atoms with Crippen LogP contribution in [0, 0.1) is 0 Å². The van der Waals surface area contributed by atoms with Crippen molar-refractivity contribution in [2.75, 3.05) is 6.54 Å². The van der Waals surface area contributed by atoms with Crippen molar-refractivity contribution in [1.29, 1.82) is 0 Å². The number of hydrogen-bond donors (Lipinski definition) is 2. The van der Waals surface area contributed by atoms with Crippen LogP contribution in [0.4, 0.5) is 0 Å². The van der Waals surface area contributed by atoms with Gasteiger partial charge >= 0.3 is 0 Å². The second-order valence-electron chi connectivity index (χ2n) is 7.07. The van der Waals surface area contributed by atoms with E-state index in [1.165, 1.54) is 0 Å². The number of nitrogens with one attached hydrogen (secondary N) is 2. The molecule has 0 aliphatic heterocycles. The predicted molar refractivity (Wildman–Crippen MR) is 112 cm³/mol. The number of amides is 2. The fourth-order valence-electron chi connectivity index (χ4n) is 3.04. The molecule has 1 saturated carbocycles. The highest BCUT2D eigenvalue weighted by molar-refractivity contribution is 6.31. The average Bonchev–Trinajstić information content (AvgIpc) is 3.44. The third kappa shape index (κ3) is 4.84. The van der Waals surface area contributed by atoms with Gasteiger partial charge in [0, 0.05) is 22.8 Å². The lowest BCUT2D eigenvalue weighted by molar-refractivity contribution is -0.120. The average molecular weight is 409 g/mol. The van der Waals surface area contributed by atoms with Gasteiger partial charge < -0.3 is 10.6 Å².